The summed E-state index contributed by atoms with van der Waals surface area (Å²) in [7, 11) is 2.00. The number of hydrogen-bond donors (Lipinski definition) is 1. The average molecular weight is 237 g/mol. The predicted octanol–water partition coefficient (Wildman–Crippen LogP) is 3.08. The second kappa shape index (κ2) is 6.11. The molecule has 1 heterocycles. The third-order valence-corrected chi connectivity index (χ3v) is 3.68. The highest BCUT2D eigenvalue weighted by atomic mass is 32.1. The Bertz CT molecular complexity index is 332. The van der Waals surface area contributed by atoms with E-state index >= 15 is 0 Å². The van der Waals surface area contributed by atoms with E-state index in [1.807, 2.05) is 12.4 Å². The van der Waals surface area contributed by atoms with Gasteiger partial charge in [-0.25, -0.2) is 0 Å². The summed E-state index contributed by atoms with van der Waals surface area (Å²) in [6.07, 6.45) is 10.2. The van der Waals surface area contributed by atoms with E-state index in [2.05, 4.69) is 21.0 Å². The van der Waals surface area contributed by atoms with Crippen LogP contribution in [0.3, 0.4) is 0 Å². The molecule has 0 aliphatic heterocycles. The molecule has 0 spiro atoms. The van der Waals surface area contributed by atoms with Crippen molar-refractivity contribution in [2.75, 3.05) is 7.05 Å². The van der Waals surface area contributed by atoms with Crippen molar-refractivity contribution in [1.82, 2.24) is 14.9 Å². The minimum Gasteiger partial charge on any atom is -0.308 e. The van der Waals surface area contributed by atoms with Crippen LogP contribution in [0, 0.1) is 0 Å². The van der Waals surface area contributed by atoms with Gasteiger partial charge >= 0.3 is 0 Å². The summed E-state index contributed by atoms with van der Waals surface area (Å²) < 4.78 is 3.95. The Hall–Kier alpha value is -0.740. The van der Waals surface area contributed by atoms with Gasteiger partial charge in [-0.2, -0.15) is 0 Å². The van der Waals surface area contributed by atoms with Crippen LogP contribution in [-0.4, -0.2) is 16.6 Å². The van der Waals surface area contributed by atoms with Gasteiger partial charge in [0, 0.05) is 5.38 Å². The van der Waals surface area contributed by atoms with E-state index in [-0.39, 0.29) is 6.04 Å². The third kappa shape index (κ3) is 2.89. The van der Waals surface area contributed by atoms with Gasteiger partial charge in [-0.05, 0) is 44.3 Å². The van der Waals surface area contributed by atoms with E-state index in [9.17, 15) is 0 Å². The molecule has 16 heavy (non-hydrogen) atoms. The predicted molar refractivity (Wildman–Crippen MR) is 67.5 cm³/mol. The maximum atomic E-state index is 4.18. The molecule has 0 amide bonds. The Morgan fingerprint density at radius 2 is 2.19 bits per heavy atom. The molecule has 0 saturated carbocycles. The van der Waals surface area contributed by atoms with Crippen molar-refractivity contribution in [3.05, 3.63) is 22.7 Å². The maximum Gasteiger partial charge on any atom is 0.0966 e. The van der Waals surface area contributed by atoms with E-state index in [0.717, 1.165) is 5.69 Å². The third-order valence-electron chi connectivity index (χ3n) is 3.16. The van der Waals surface area contributed by atoms with Gasteiger partial charge in [0.1, 0.15) is 0 Å². The van der Waals surface area contributed by atoms with Crippen LogP contribution in [0.25, 0.3) is 0 Å². The Morgan fingerprint density at radius 3 is 2.94 bits per heavy atom. The number of aromatic nitrogens is 2. The van der Waals surface area contributed by atoms with Crippen LogP contribution in [0.15, 0.2) is 17.0 Å². The number of nitrogens with zero attached hydrogens (tertiary/aromatic N) is 2. The Morgan fingerprint density at radius 1 is 1.31 bits per heavy atom. The highest BCUT2D eigenvalue weighted by molar-refractivity contribution is 7.03. The molecule has 4 heteroatoms. The van der Waals surface area contributed by atoms with Crippen LogP contribution in [0.2, 0.25) is 0 Å². The monoisotopic (exact) mass is 237 g/mol. The lowest BCUT2D eigenvalue weighted by Gasteiger charge is -2.19. The fourth-order valence-electron chi connectivity index (χ4n) is 2.30. The van der Waals surface area contributed by atoms with Gasteiger partial charge in [0.2, 0.25) is 0 Å². The number of hydrogen-bond acceptors (Lipinski definition) is 4. The first-order valence-electron chi connectivity index (χ1n) is 6.05. The summed E-state index contributed by atoms with van der Waals surface area (Å²) in [6.45, 7) is 0. The van der Waals surface area contributed by atoms with Crippen LogP contribution in [0.4, 0.5) is 0 Å². The molecule has 1 N–H and O–H groups in total. The van der Waals surface area contributed by atoms with Gasteiger partial charge in [-0.15, -0.1) is 5.10 Å². The molecule has 1 atom stereocenters. The zero-order valence-electron chi connectivity index (χ0n) is 9.78. The molecule has 3 nitrogen and oxygen atoms in total. The van der Waals surface area contributed by atoms with E-state index in [1.165, 1.54) is 55.6 Å². The summed E-state index contributed by atoms with van der Waals surface area (Å²) in [5, 5.41) is 9.58. The van der Waals surface area contributed by atoms with Crippen LogP contribution < -0.4 is 5.32 Å². The van der Waals surface area contributed by atoms with Gasteiger partial charge in [0.25, 0.3) is 0 Å². The van der Waals surface area contributed by atoms with Crippen molar-refractivity contribution < 1.29 is 0 Å². The largest absolute Gasteiger partial charge is 0.308 e. The second-order valence-electron chi connectivity index (χ2n) is 4.28. The zero-order chi connectivity index (χ0) is 11.2. The maximum absolute atomic E-state index is 4.18. The highest BCUT2D eigenvalue weighted by Crippen LogP contribution is 2.27. The van der Waals surface area contributed by atoms with Gasteiger partial charge in [0.15, 0.2) is 0 Å². The summed E-state index contributed by atoms with van der Waals surface area (Å²) in [4.78, 5) is 0. The van der Waals surface area contributed by atoms with Crippen molar-refractivity contribution in [2.24, 2.45) is 0 Å². The van der Waals surface area contributed by atoms with E-state index < -0.39 is 0 Å². The number of likely N-dealkylation sites (N-methyl/N-ethyl adjacent to an activating group) is 1. The lowest BCUT2D eigenvalue weighted by atomic mass is 9.94. The summed E-state index contributed by atoms with van der Waals surface area (Å²) >= 11 is 1.43. The zero-order valence-corrected chi connectivity index (χ0v) is 10.6. The summed E-state index contributed by atoms with van der Waals surface area (Å²) in [5.41, 5.74) is 2.56. The number of rotatable bonds is 3. The number of nitrogens with one attached hydrogen (secondary N) is 1. The summed E-state index contributed by atoms with van der Waals surface area (Å²) in [6, 6.07) is 0.275. The first kappa shape index (κ1) is 11.7. The van der Waals surface area contributed by atoms with Gasteiger partial charge in [-0.3, -0.25) is 0 Å². The van der Waals surface area contributed by atoms with Crippen LogP contribution in [0.5, 0.6) is 0 Å². The van der Waals surface area contributed by atoms with E-state index in [1.54, 1.807) is 0 Å². The standard InChI is InChI=1S/C12H19N3S/c1-13-12(11-9-16-15-14-11)10-7-5-3-2-4-6-8-10/h7,9,12-13H,2-6,8H2,1H3. The highest BCUT2D eigenvalue weighted by Gasteiger charge is 2.17. The van der Waals surface area contributed by atoms with E-state index in [0.29, 0.717) is 0 Å². The van der Waals surface area contributed by atoms with Crippen LogP contribution >= 0.6 is 11.5 Å². The fourth-order valence-corrected chi connectivity index (χ4v) is 2.78. The molecule has 0 saturated heterocycles. The second-order valence-corrected chi connectivity index (χ2v) is 4.89. The summed E-state index contributed by atoms with van der Waals surface area (Å²) in [5.74, 6) is 0. The molecule has 1 aliphatic carbocycles. The molecule has 1 aliphatic rings. The van der Waals surface area contributed by atoms with Gasteiger partial charge in [-0.1, -0.05) is 29.0 Å². The normalized spacial score (nSPS) is 19.7. The Labute approximate surface area is 101 Å². The lowest BCUT2D eigenvalue weighted by Crippen LogP contribution is -2.19. The van der Waals surface area contributed by atoms with Gasteiger partial charge in [0.05, 0.1) is 11.7 Å². The van der Waals surface area contributed by atoms with Crippen molar-refractivity contribution in [3.63, 3.8) is 0 Å². The molecule has 88 valence electrons. The molecule has 0 aromatic carbocycles. The minimum absolute atomic E-state index is 0.275. The molecule has 1 aromatic heterocycles. The molecule has 0 fully saturated rings. The number of allylic oxidation sites excluding steroid dienone is 1. The quantitative estimate of drug-likeness (QED) is 0.821. The lowest BCUT2D eigenvalue weighted by molar-refractivity contribution is 0.566. The van der Waals surface area contributed by atoms with Crippen LogP contribution in [0.1, 0.15) is 50.3 Å². The van der Waals surface area contributed by atoms with Crippen molar-refractivity contribution in [1.29, 1.82) is 0 Å². The molecule has 0 radical (unpaired) electrons. The SMILES string of the molecule is CNC(C1=CCCCCCC1)c1csnn1. The molecular formula is C12H19N3S. The fraction of sp³-hybridized carbons (Fsp3) is 0.667. The van der Waals surface area contributed by atoms with E-state index in [4.69, 9.17) is 0 Å². The molecule has 1 aromatic rings. The topological polar surface area (TPSA) is 37.8 Å². The van der Waals surface area contributed by atoms with Crippen molar-refractivity contribution in [3.8, 4) is 0 Å². The minimum atomic E-state index is 0.275. The van der Waals surface area contributed by atoms with Crippen LogP contribution in [-0.2, 0) is 0 Å². The smallest absolute Gasteiger partial charge is 0.0966 e. The van der Waals surface area contributed by atoms with Crippen molar-refractivity contribution >= 4 is 11.5 Å². The Kier molecular flexibility index (Phi) is 4.48. The van der Waals surface area contributed by atoms with Crippen molar-refractivity contribution in [2.45, 2.75) is 44.6 Å². The molecule has 0 bridgehead atoms. The first-order valence-corrected chi connectivity index (χ1v) is 6.88. The molecule has 1 unspecified atom stereocenters. The average Bonchev–Trinajstić information content (AvgIpc) is 2.75. The first-order chi connectivity index (χ1) is 7.92. The Balaban J connectivity index is 2.12. The molecule has 2 rings (SSSR count). The van der Waals surface area contributed by atoms with Gasteiger partial charge < -0.3 is 5.32 Å². The molecular weight excluding hydrogens is 218 g/mol.